The lowest BCUT2D eigenvalue weighted by Crippen LogP contribution is -2.28. The Bertz CT molecular complexity index is 712. The van der Waals surface area contributed by atoms with Gasteiger partial charge in [0.05, 0.1) is 5.56 Å². The van der Waals surface area contributed by atoms with Gasteiger partial charge in [-0.05, 0) is 17.7 Å². The van der Waals surface area contributed by atoms with Gasteiger partial charge in [-0.25, -0.2) is 0 Å². The SMILES string of the molecule is Cl.O=C(NCc1ccc(C(F)(F)F)cc1)c1n[nH]c2c1CNCC2. The zero-order valence-corrected chi connectivity index (χ0v) is 13.4. The smallest absolute Gasteiger partial charge is 0.347 e. The van der Waals surface area contributed by atoms with Crippen LogP contribution in [0, 0.1) is 0 Å². The average molecular weight is 361 g/mol. The highest BCUT2D eigenvalue weighted by molar-refractivity contribution is 5.94. The van der Waals surface area contributed by atoms with Gasteiger partial charge < -0.3 is 10.6 Å². The minimum atomic E-state index is -4.36. The molecule has 2 aromatic rings. The van der Waals surface area contributed by atoms with Crippen LogP contribution in [0.3, 0.4) is 0 Å². The summed E-state index contributed by atoms with van der Waals surface area (Å²) in [5, 5.41) is 12.7. The van der Waals surface area contributed by atoms with E-state index in [9.17, 15) is 18.0 Å². The van der Waals surface area contributed by atoms with Gasteiger partial charge in [-0.1, -0.05) is 12.1 Å². The maximum absolute atomic E-state index is 12.5. The standard InChI is InChI=1S/C15H15F3N4O.ClH/c16-15(17,18)10-3-1-9(2-4-10)7-20-14(23)13-11-8-19-6-5-12(11)21-22-13;/h1-4,19H,5-8H2,(H,20,23)(H,21,22);1H. The van der Waals surface area contributed by atoms with E-state index >= 15 is 0 Å². The number of carbonyl (C=O) groups is 1. The number of H-pyrrole nitrogens is 1. The minimum absolute atomic E-state index is 0. The van der Waals surface area contributed by atoms with Crippen LogP contribution in [-0.2, 0) is 25.7 Å². The Hall–Kier alpha value is -2.06. The number of nitrogens with one attached hydrogen (secondary N) is 3. The Morgan fingerprint density at radius 2 is 1.96 bits per heavy atom. The van der Waals surface area contributed by atoms with Gasteiger partial charge in [-0.2, -0.15) is 18.3 Å². The molecule has 0 saturated carbocycles. The van der Waals surface area contributed by atoms with Crippen LogP contribution in [0.5, 0.6) is 0 Å². The summed E-state index contributed by atoms with van der Waals surface area (Å²) in [6, 6.07) is 4.71. The van der Waals surface area contributed by atoms with E-state index in [-0.39, 0.29) is 24.9 Å². The maximum Gasteiger partial charge on any atom is 0.416 e. The fourth-order valence-corrected chi connectivity index (χ4v) is 2.49. The molecule has 3 N–H and O–H groups in total. The number of fused-ring (bicyclic) bond motifs is 1. The quantitative estimate of drug-likeness (QED) is 0.787. The summed E-state index contributed by atoms with van der Waals surface area (Å²) in [5.74, 6) is -0.342. The van der Waals surface area contributed by atoms with Gasteiger partial charge >= 0.3 is 6.18 Å². The molecule has 9 heteroatoms. The average Bonchev–Trinajstić information content (AvgIpc) is 2.96. The van der Waals surface area contributed by atoms with Crippen molar-refractivity contribution in [3.63, 3.8) is 0 Å². The monoisotopic (exact) mass is 360 g/mol. The molecule has 3 rings (SSSR count). The largest absolute Gasteiger partial charge is 0.416 e. The lowest BCUT2D eigenvalue weighted by Gasteiger charge is -2.13. The second-order valence-corrected chi connectivity index (χ2v) is 5.33. The first-order chi connectivity index (χ1) is 10.9. The van der Waals surface area contributed by atoms with Crippen molar-refractivity contribution in [2.24, 2.45) is 0 Å². The van der Waals surface area contributed by atoms with Crippen molar-refractivity contribution in [3.05, 3.63) is 52.3 Å². The van der Waals surface area contributed by atoms with Gasteiger partial charge in [0.1, 0.15) is 0 Å². The molecular formula is C15H16ClF3N4O. The van der Waals surface area contributed by atoms with Crippen molar-refractivity contribution >= 4 is 18.3 Å². The van der Waals surface area contributed by atoms with Gasteiger partial charge in [-0.3, -0.25) is 9.89 Å². The highest BCUT2D eigenvalue weighted by atomic mass is 35.5. The molecule has 0 saturated heterocycles. The summed E-state index contributed by atoms with van der Waals surface area (Å²) < 4.78 is 37.5. The number of alkyl halides is 3. The second kappa shape index (κ2) is 7.23. The number of benzene rings is 1. The van der Waals surface area contributed by atoms with Gasteiger partial charge in [0.2, 0.25) is 0 Å². The van der Waals surface area contributed by atoms with Crippen molar-refractivity contribution in [1.82, 2.24) is 20.8 Å². The number of hydrogen-bond acceptors (Lipinski definition) is 3. The Kier molecular flexibility index (Phi) is 5.51. The zero-order chi connectivity index (χ0) is 16.4. The van der Waals surface area contributed by atoms with Crippen molar-refractivity contribution in [3.8, 4) is 0 Å². The van der Waals surface area contributed by atoms with Crippen molar-refractivity contribution < 1.29 is 18.0 Å². The predicted octanol–water partition coefficient (Wildman–Crippen LogP) is 2.43. The molecule has 0 radical (unpaired) electrons. The predicted molar refractivity (Wildman–Crippen MR) is 83.9 cm³/mol. The molecule has 1 aromatic carbocycles. The number of aromatic amines is 1. The topological polar surface area (TPSA) is 69.8 Å². The maximum atomic E-state index is 12.5. The van der Waals surface area contributed by atoms with Crippen LogP contribution >= 0.6 is 12.4 Å². The van der Waals surface area contributed by atoms with Crippen LogP contribution in [-0.4, -0.2) is 22.6 Å². The fourth-order valence-electron chi connectivity index (χ4n) is 2.49. The summed E-state index contributed by atoms with van der Waals surface area (Å²) in [7, 11) is 0. The second-order valence-electron chi connectivity index (χ2n) is 5.33. The molecule has 1 aliphatic rings. The van der Waals surface area contributed by atoms with Crippen LogP contribution in [0.2, 0.25) is 0 Å². The van der Waals surface area contributed by atoms with Crippen LogP contribution in [0.1, 0.15) is 32.9 Å². The van der Waals surface area contributed by atoms with Gasteiger partial charge in [0.25, 0.3) is 5.91 Å². The van der Waals surface area contributed by atoms with Crippen molar-refractivity contribution in [1.29, 1.82) is 0 Å². The molecule has 1 aromatic heterocycles. The minimum Gasteiger partial charge on any atom is -0.347 e. The van der Waals surface area contributed by atoms with E-state index in [4.69, 9.17) is 0 Å². The molecule has 2 heterocycles. The number of amides is 1. The van der Waals surface area contributed by atoms with E-state index in [1.54, 1.807) is 0 Å². The lowest BCUT2D eigenvalue weighted by molar-refractivity contribution is -0.137. The Balaban J connectivity index is 0.00000208. The Morgan fingerprint density at radius 3 is 2.62 bits per heavy atom. The number of hydrogen-bond donors (Lipinski definition) is 3. The molecule has 0 unspecified atom stereocenters. The number of aromatic nitrogens is 2. The third-order valence-corrected chi connectivity index (χ3v) is 3.76. The third-order valence-electron chi connectivity index (χ3n) is 3.76. The molecule has 0 bridgehead atoms. The summed E-state index contributed by atoms with van der Waals surface area (Å²) in [5.41, 5.74) is 2.01. The first kappa shape index (κ1) is 18.3. The number of nitrogens with zero attached hydrogens (tertiary/aromatic N) is 1. The van der Waals surface area contributed by atoms with E-state index in [0.717, 1.165) is 36.4 Å². The summed E-state index contributed by atoms with van der Waals surface area (Å²) in [4.78, 5) is 12.2. The van der Waals surface area contributed by atoms with Crippen molar-refractivity contribution in [2.45, 2.75) is 25.7 Å². The van der Waals surface area contributed by atoms with Crippen LogP contribution in [0.4, 0.5) is 13.2 Å². The van der Waals surface area contributed by atoms with E-state index < -0.39 is 11.7 Å². The molecule has 0 spiro atoms. The van der Waals surface area contributed by atoms with Crippen LogP contribution in [0.25, 0.3) is 0 Å². The number of carbonyl (C=O) groups excluding carboxylic acids is 1. The van der Waals surface area contributed by atoms with Crippen molar-refractivity contribution in [2.75, 3.05) is 6.54 Å². The van der Waals surface area contributed by atoms with Gasteiger partial charge in [-0.15, -0.1) is 12.4 Å². The van der Waals surface area contributed by atoms with E-state index in [2.05, 4.69) is 20.8 Å². The Morgan fingerprint density at radius 1 is 1.25 bits per heavy atom. The normalized spacial score (nSPS) is 13.8. The van der Waals surface area contributed by atoms with E-state index in [1.165, 1.54) is 12.1 Å². The molecule has 130 valence electrons. The highest BCUT2D eigenvalue weighted by Crippen LogP contribution is 2.29. The van der Waals surface area contributed by atoms with Crippen LogP contribution < -0.4 is 10.6 Å². The molecule has 0 atom stereocenters. The molecule has 1 aliphatic heterocycles. The lowest BCUT2D eigenvalue weighted by atomic mass is 10.1. The molecule has 0 aliphatic carbocycles. The molecule has 5 nitrogen and oxygen atoms in total. The molecular weight excluding hydrogens is 345 g/mol. The third kappa shape index (κ3) is 3.88. The van der Waals surface area contributed by atoms with E-state index in [1.807, 2.05) is 0 Å². The summed E-state index contributed by atoms with van der Waals surface area (Å²) in [6.07, 6.45) is -3.57. The molecule has 0 fully saturated rings. The summed E-state index contributed by atoms with van der Waals surface area (Å²) in [6.45, 7) is 1.56. The number of rotatable bonds is 3. The zero-order valence-electron chi connectivity index (χ0n) is 12.5. The fraction of sp³-hybridized carbons (Fsp3) is 0.333. The highest BCUT2D eigenvalue weighted by Gasteiger charge is 2.30. The summed E-state index contributed by atoms with van der Waals surface area (Å²) >= 11 is 0. The van der Waals surface area contributed by atoms with E-state index in [0.29, 0.717) is 17.8 Å². The van der Waals surface area contributed by atoms with Gasteiger partial charge in [0, 0.05) is 37.3 Å². The van der Waals surface area contributed by atoms with Crippen LogP contribution in [0.15, 0.2) is 24.3 Å². The Labute approximate surface area is 142 Å². The first-order valence-electron chi connectivity index (χ1n) is 7.16. The number of halogens is 4. The molecule has 24 heavy (non-hydrogen) atoms. The first-order valence-corrected chi connectivity index (χ1v) is 7.16. The van der Waals surface area contributed by atoms with Gasteiger partial charge in [0.15, 0.2) is 5.69 Å². The molecule has 1 amide bonds.